The number of likely N-dealkylation sites (N-methyl/N-ethyl adjacent to an activating group) is 1. The zero-order valence-corrected chi connectivity index (χ0v) is 19.4. The van der Waals surface area contributed by atoms with E-state index in [2.05, 4.69) is 5.32 Å². The number of benzene rings is 2. The molecule has 0 unspecified atom stereocenters. The summed E-state index contributed by atoms with van der Waals surface area (Å²) >= 11 is 5.49. The van der Waals surface area contributed by atoms with Gasteiger partial charge >= 0.3 is 5.97 Å². The molecule has 2 aromatic rings. The summed E-state index contributed by atoms with van der Waals surface area (Å²) in [6.45, 7) is 4.68. The van der Waals surface area contributed by atoms with Crippen molar-refractivity contribution >= 4 is 40.8 Å². The first-order valence-corrected chi connectivity index (χ1v) is 11.2. The predicted molar refractivity (Wildman–Crippen MR) is 126 cm³/mol. The van der Waals surface area contributed by atoms with Crippen molar-refractivity contribution in [2.75, 3.05) is 25.0 Å². The van der Waals surface area contributed by atoms with E-state index in [-0.39, 0.29) is 30.7 Å². The van der Waals surface area contributed by atoms with Crippen LogP contribution in [0.5, 0.6) is 0 Å². The molecule has 1 heterocycles. The van der Waals surface area contributed by atoms with Gasteiger partial charge in [-0.25, -0.2) is 9.18 Å². The van der Waals surface area contributed by atoms with Crippen molar-refractivity contribution in [1.29, 1.82) is 0 Å². The van der Waals surface area contributed by atoms with Gasteiger partial charge in [0.2, 0.25) is 5.91 Å². The quantitative estimate of drug-likeness (QED) is 0.446. The molecule has 1 N–H and O–H groups in total. The van der Waals surface area contributed by atoms with E-state index in [0.717, 1.165) is 5.56 Å². The van der Waals surface area contributed by atoms with Gasteiger partial charge in [0.05, 0.1) is 18.6 Å². The maximum Gasteiger partial charge on any atom is 0.338 e. The number of ether oxygens (including phenoxy) is 1. The Morgan fingerprint density at radius 3 is 2.36 bits per heavy atom. The van der Waals surface area contributed by atoms with Gasteiger partial charge in [0, 0.05) is 18.8 Å². The lowest BCUT2D eigenvalue weighted by atomic mass is 10.1. The van der Waals surface area contributed by atoms with E-state index in [4.69, 9.17) is 17.0 Å². The average molecular weight is 472 g/mol. The number of anilines is 1. The van der Waals surface area contributed by atoms with E-state index in [1.54, 1.807) is 48.2 Å². The minimum absolute atomic E-state index is 0.0709. The molecule has 1 aliphatic heterocycles. The summed E-state index contributed by atoms with van der Waals surface area (Å²) < 4.78 is 18.1. The van der Waals surface area contributed by atoms with Crippen LogP contribution < -0.4 is 5.32 Å². The molecule has 0 bridgehead atoms. The Hall–Kier alpha value is -3.33. The highest BCUT2D eigenvalue weighted by Gasteiger charge is 2.42. The van der Waals surface area contributed by atoms with Crippen LogP contribution >= 0.6 is 12.2 Å². The van der Waals surface area contributed by atoms with Crippen LogP contribution in [0.3, 0.4) is 0 Å². The Kier molecular flexibility index (Phi) is 8.11. The maximum absolute atomic E-state index is 13.2. The van der Waals surface area contributed by atoms with Crippen molar-refractivity contribution in [2.45, 2.75) is 32.7 Å². The fraction of sp³-hybridized carbons (Fsp3) is 0.333. The van der Waals surface area contributed by atoms with Gasteiger partial charge in [-0.3, -0.25) is 14.5 Å². The fourth-order valence-corrected chi connectivity index (χ4v) is 4.07. The lowest BCUT2D eigenvalue weighted by Crippen LogP contribution is -2.39. The second-order valence-corrected chi connectivity index (χ2v) is 7.87. The van der Waals surface area contributed by atoms with Crippen LogP contribution in [0.2, 0.25) is 0 Å². The number of halogens is 1. The molecule has 0 aliphatic carbocycles. The minimum atomic E-state index is -0.711. The number of hydrogen-bond donors (Lipinski definition) is 1. The van der Waals surface area contributed by atoms with Gasteiger partial charge in [0.1, 0.15) is 11.9 Å². The molecule has 0 aromatic heterocycles. The third kappa shape index (κ3) is 5.92. The Bertz CT molecular complexity index is 1030. The SMILES string of the molecule is CCOC(=O)c1ccc(NC(=O)C[C@H]2C(=O)N(CC)C(=S)N2CCc2ccc(F)cc2)cc1. The van der Waals surface area contributed by atoms with E-state index < -0.39 is 12.0 Å². The number of esters is 1. The van der Waals surface area contributed by atoms with Gasteiger partial charge in [-0.15, -0.1) is 0 Å². The van der Waals surface area contributed by atoms with Crippen LogP contribution in [0.1, 0.15) is 36.2 Å². The molecule has 174 valence electrons. The Balaban J connectivity index is 1.66. The van der Waals surface area contributed by atoms with Crippen molar-refractivity contribution in [3.8, 4) is 0 Å². The first-order valence-electron chi connectivity index (χ1n) is 10.8. The monoisotopic (exact) mass is 471 g/mol. The van der Waals surface area contributed by atoms with Crippen molar-refractivity contribution < 1.29 is 23.5 Å². The number of hydrogen-bond acceptors (Lipinski definition) is 5. The summed E-state index contributed by atoms with van der Waals surface area (Å²) in [5.41, 5.74) is 1.80. The second-order valence-electron chi connectivity index (χ2n) is 7.50. The number of carbonyl (C=O) groups is 3. The zero-order chi connectivity index (χ0) is 24.0. The van der Waals surface area contributed by atoms with Crippen LogP contribution in [0.4, 0.5) is 10.1 Å². The van der Waals surface area contributed by atoms with Crippen LogP contribution in [0.15, 0.2) is 48.5 Å². The van der Waals surface area contributed by atoms with Gasteiger partial charge in [0.25, 0.3) is 5.91 Å². The summed E-state index contributed by atoms with van der Waals surface area (Å²) in [4.78, 5) is 40.6. The summed E-state index contributed by atoms with van der Waals surface area (Å²) in [5.74, 6) is -1.30. The summed E-state index contributed by atoms with van der Waals surface area (Å²) in [6, 6.07) is 11.8. The molecule has 1 saturated heterocycles. The molecule has 1 atom stereocenters. The van der Waals surface area contributed by atoms with Gasteiger partial charge in [-0.2, -0.15) is 0 Å². The number of thiocarbonyl (C=S) groups is 1. The molecule has 1 fully saturated rings. The summed E-state index contributed by atoms with van der Waals surface area (Å²) in [7, 11) is 0. The van der Waals surface area contributed by atoms with E-state index >= 15 is 0 Å². The number of nitrogens with zero attached hydrogens (tertiary/aromatic N) is 2. The molecule has 9 heteroatoms. The molecule has 1 aliphatic rings. The standard InChI is InChI=1S/C24H26FN3O4S/c1-3-27-22(30)20(28(24(27)33)14-13-16-5-9-18(25)10-6-16)15-21(29)26-19-11-7-17(8-12-19)23(31)32-4-2/h5-12,20H,3-4,13-15H2,1-2H3,(H,26,29)/t20-/m0/s1. The number of nitrogens with one attached hydrogen (secondary N) is 1. The largest absolute Gasteiger partial charge is 0.462 e. The second kappa shape index (κ2) is 11.0. The highest BCUT2D eigenvalue weighted by molar-refractivity contribution is 7.80. The molecular weight excluding hydrogens is 445 g/mol. The van der Waals surface area contributed by atoms with Crippen LogP contribution in [-0.2, 0) is 20.7 Å². The first kappa shape index (κ1) is 24.3. The predicted octanol–water partition coefficient (Wildman–Crippen LogP) is 3.39. The van der Waals surface area contributed by atoms with Gasteiger partial charge in [-0.05, 0) is 74.4 Å². The number of rotatable bonds is 9. The normalized spacial score (nSPS) is 15.7. The Labute approximate surface area is 197 Å². The van der Waals surface area contributed by atoms with Gasteiger partial charge in [-0.1, -0.05) is 12.1 Å². The maximum atomic E-state index is 13.2. The van der Waals surface area contributed by atoms with E-state index in [0.29, 0.717) is 35.9 Å². The Morgan fingerprint density at radius 1 is 1.09 bits per heavy atom. The van der Waals surface area contributed by atoms with E-state index in [1.165, 1.54) is 17.0 Å². The van der Waals surface area contributed by atoms with E-state index in [9.17, 15) is 18.8 Å². The number of amides is 2. The van der Waals surface area contributed by atoms with E-state index in [1.807, 2.05) is 6.92 Å². The molecule has 3 rings (SSSR count). The van der Waals surface area contributed by atoms with Gasteiger partial charge < -0.3 is 15.0 Å². The highest BCUT2D eigenvalue weighted by Crippen LogP contribution is 2.22. The third-order valence-electron chi connectivity index (χ3n) is 5.33. The summed E-state index contributed by atoms with van der Waals surface area (Å²) in [5, 5.41) is 3.15. The summed E-state index contributed by atoms with van der Waals surface area (Å²) in [6.07, 6.45) is 0.483. The molecule has 2 aromatic carbocycles. The van der Waals surface area contributed by atoms with Crippen molar-refractivity contribution in [3.05, 3.63) is 65.5 Å². The zero-order valence-electron chi connectivity index (χ0n) is 18.5. The molecule has 33 heavy (non-hydrogen) atoms. The lowest BCUT2D eigenvalue weighted by molar-refractivity contribution is -0.130. The van der Waals surface area contributed by atoms with Gasteiger partial charge in [0.15, 0.2) is 5.11 Å². The molecule has 7 nitrogen and oxygen atoms in total. The molecule has 2 amide bonds. The minimum Gasteiger partial charge on any atom is -0.462 e. The highest BCUT2D eigenvalue weighted by atomic mass is 32.1. The van der Waals surface area contributed by atoms with Crippen molar-refractivity contribution in [3.63, 3.8) is 0 Å². The first-order chi connectivity index (χ1) is 15.8. The molecular formula is C24H26FN3O4S. The third-order valence-corrected chi connectivity index (χ3v) is 5.79. The van der Waals surface area contributed by atoms with Crippen molar-refractivity contribution in [1.82, 2.24) is 9.80 Å². The van der Waals surface area contributed by atoms with Crippen LogP contribution in [0.25, 0.3) is 0 Å². The fourth-order valence-electron chi connectivity index (χ4n) is 3.63. The van der Waals surface area contributed by atoms with Crippen LogP contribution in [-0.4, -0.2) is 58.4 Å². The average Bonchev–Trinajstić information content (AvgIpc) is 3.02. The van der Waals surface area contributed by atoms with Crippen LogP contribution in [0, 0.1) is 5.82 Å². The molecule has 0 radical (unpaired) electrons. The Morgan fingerprint density at radius 2 is 1.76 bits per heavy atom. The topological polar surface area (TPSA) is 78.9 Å². The van der Waals surface area contributed by atoms with Crippen molar-refractivity contribution in [2.24, 2.45) is 0 Å². The molecule has 0 saturated carbocycles. The number of carbonyl (C=O) groups excluding carboxylic acids is 3. The molecule has 0 spiro atoms. The lowest BCUT2D eigenvalue weighted by Gasteiger charge is -2.23. The smallest absolute Gasteiger partial charge is 0.338 e.